The Morgan fingerprint density at radius 3 is 2.22 bits per heavy atom. The molecule has 1 aliphatic heterocycles. The van der Waals surface area contributed by atoms with Gasteiger partial charge in [-0.2, -0.15) is 0 Å². The SMILES string of the molecule is [2H]c1c([2H])c([2H])c(-n2c3ccc(B4OC(C)(C)C(C)(C)O4)cc3c3c4ccccc4ccc32)c([2H])c1[2H]. The van der Waals surface area contributed by atoms with E-state index in [1.165, 1.54) is 0 Å². The molecule has 0 amide bonds. The average Bonchev–Trinajstić information content (AvgIpc) is 3.31. The molecule has 0 N–H and O–H groups in total. The molecule has 3 nitrogen and oxygen atoms in total. The van der Waals surface area contributed by atoms with E-state index in [9.17, 15) is 0 Å². The Labute approximate surface area is 195 Å². The van der Waals surface area contributed by atoms with Crippen molar-refractivity contribution in [2.75, 3.05) is 0 Å². The van der Waals surface area contributed by atoms with Gasteiger partial charge in [0.1, 0.15) is 0 Å². The van der Waals surface area contributed by atoms with Gasteiger partial charge in [0.2, 0.25) is 0 Å². The number of aromatic nitrogens is 1. The van der Waals surface area contributed by atoms with Crippen molar-refractivity contribution < 1.29 is 16.2 Å². The van der Waals surface area contributed by atoms with E-state index in [0.717, 1.165) is 38.0 Å². The van der Waals surface area contributed by atoms with E-state index in [1.807, 2.05) is 82.3 Å². The Morgan fingerprint density at radius 2 is 1.47 bits per heavy atom. The predicted octanol–water partition coefficient (Wildman–Crippen LogP) is 6.24. The Bertz CT molecular complexity index is 1720. The molecule has 5 aromatic rings. The van der Waals surface area contributed by atoms with Crippen molar-refractivity contribution >= 4 is 45.2 Å². The van der Waals surface area contributed by atoms with Gasteiger partial charge in [-0.1, -0.05) is 60.6 Å². The molecule has 0 aliphatic carbocycles. The van der Waals surface area contributed by atoms with Gasteiger partial charge in [-0.3, -0.25) is 0 Å². The van der Waals surface area contributed by atoms with Gasteiger partial charge < -0.3 is 13.9 Å². The van der Waals surface area contributed by atoms with Crippen LogP contribution in [0.1, 0.15) is 34.5 Å². The van der Waals surface area contributed by atoms with Crippen molar-refractivity contribution in [1.82, 2.24) is 4.57 Å². The average molecular weight is 424 g/mol. The minimum Gasteiger partial charge on any atom is -0.399 e. The van der Waals surface area contributed by atoms with Gasteiger partial charge in [-0.05, 0) is 68.1 Å². The monoisotopic (exact) mass is 424 g/mol. The first-order chi connectivity index (χ1) is 17.4. The number of hydrogen-bond acceptors (Lipinski definition) is 2. The largest absolute Gasteiger partial charge is 0.494 e. The van der Waals surface area contributed by atoms with Gasteiger partial charge in [-0.15, -0.1) is 0 Å². The lowest BCUT2D eigenvalue weighted by molar-refractivity contribution is 0.00578. The van der Waals surface area contributed by atoms with E-state index < -0.39 is 24.4 Å². The van der Waals surface area contributed by atoms with Gasteiger partial charge in [0, 0.05) is 16.5 Å². The van der Waals surface area contributed by atoms with E-state index in [-0.39, 0.29) is 29.9 Å². The second-order valence-electron chi connectivity index (χ2n) is 9.35. The van der Waals surface area contributed by atoms with Crippen LogP contribution in [0.5, 0.6) is 0 Å². The highest BCUT2D eigenvalue weighted by Crippen LogP contribution is 2.39. The van der Waals surface area contributed by atoms with Crippen molar-refractivity contribution in [3.05, 3.63) is 84.8 Å². The maximum atomic E-state index is 8.66. The molecule has 32 heavy (non-hydrogen) atoms. The highest BCUT2D eigenvalue weighted by molar-refractivity contribution is 6.62. The third-order valence-corrected chi connectivity index (χ3v) is 6.91. The summed E-state index contributed by atoms with van der Waals surface area (Å²) in [7, 11) is -0.552. The van der Waals surface area contributed by atoms with Gasteiger partial charge in [0.05, 0.1) is 29.1 Å². The third-order valence-electron chi connectivity index (χ3n) is 6.91. The van der Waals surface area contributed by atoms with Crippen LogP contribution in [-0.4, -0.2) is 22.9 Å². The lowest BCUT2D eigenvalue weighted by Gasteiger charge is -2.32. The molecular weight excluding hydrogens is 393 g/mol. The van der Waals surface area contributed by atoms with Gasteiger partial charge in [-0.25, -0.2) is 0 Å². The number of nitrogens with zero attached hydrogens (tertiary/aromatic N) is 1. The minimum absolute atomic E-state index is 0.129. The Balaban J connectivity index is 1.72. The molecule has 1 aliphatic rings. The standard InChI is InChI=1S/C28H26BNO2/c1-27(2)28(3,4)32-29(31-27)20-15-17-24-23(18-20)26-22-13-9-8-10-19(22)14-16-25(26)30(24)21-11-6-5-7-12-21/h5-18H,1-4H3/i5D,6D,7D,11D,12D. The summed E-state index contributed by atoms with van der Waals surface area (Å²) in [6.45, 7) is 8.07. The summed E-state index contributed by atoms with van der Waals surface area (Å²) in [5.74, 6) is 0. The number of hydrogen-bond donors (Lipinski definition) is 0. The molecule has 0 bridgehead atoms. The van der Waals surface area contributed by atoms with E-state index >= 15 is 0 Å². The van der Waals surface area contributed by atoms with Crippen molar-refractivity contribution in [1.29, 1.82) is 0 Å². The van der Waals surface area contributed by atoms with E-state index in [0.29, 0.717) is 0 Å². The zero-order chi connectivity index (χ0) is 26.4. The normalized spacial score (nSPS) is 19.8. The molecule has 1 saturated heterocycles. The molecular formula is C28H26BNO2. The van der Waals surface area contributed by atoms with Crippen molar-refractivity contribution in [2.24, 2.45) is 0 Å². The maximum Gasteiger partial charge on any atom is 0.494 e. The van der Waals surface area contributed by atoms with Crippen LogP contribution >= 0.6 is 0 Å². The molecule has 158 valence electrons. The fourth-order valence-corrected chi connectivity index (χ4v) is 4.53. The van der Waals surface area contributed by atoms with Gasteiger partial charge >= 0.3 is 7.12 Å². The lowest BCUT2D eigenvalue weighted by Crippen LogP contribution is -2.41. The van der Waals surface area contributed by atoms with Gasteiger partial charge in [0.15, 0.2) is 0 Å². The predicted molar refractivity (Wildman–Crippen MR) is 134 cm³/mol. The molecule has 0 saturated carbocycles. The lowest BCUT2D eigenvalue weighted by atomic mass is 9.78. The van der Waals surface area contributed by atoms with Crippen LogP contribution in [0.3, 0.4) is 0 Å². The maximum absolute atomic E-state index is 8.66. The number of para-hydroxylation sites is 1. The summed E-state index contributed by atoms with van der Waals surface area (Å²) in [5, 5.41) is 3.91. The highest BCUT2D eigenvalue weighted by Gasteiger charge is 2.51. The molecule has 6 rings (SSSR count). The zero-order valence-corrected chi connectivity index (χ0v) is 18.5. The molecule has 1 aromatic heterocycles. The van der Waals surface area contributed by atoms with E-state index in [1.54, 1.807) is 4.57 Å². The number of rotatable bonds is 2. The van der Waals surface area contributed by atoms with Crippen LogP contribution < -0.4 is 5.46 Å². The van der Waals surface area contributed by atoms with Crippen molar-refractivity contribution in [2.45, 2.75) is 38.9 Å². The second-order valence-corrected chi connectivity index (χ2v) is 9.35. The summed E-state index contributed by atoms with van der Waals surface area (Å²) < 4.78 is 56.3. The Morgan fingerprint density at radius 1 is 0.781 bits per heavy atom. The summed E-state index contributed by atoms with van der Waals surface area (Å²) in [5.41, 5.74) is 1.52. The minimum atomic E-state index is -0.552. The third kappa shape index (κ3) is 2.76. The first kappa shape index (κ1) is 14.9. The van der Waals surface area contributed by atoms with Crippen molar-refractivity contribution in [3.63, 3.8) is 0 Å². The number of benzene rings is 4. The van der Waals surface area contributed by atoms with Crippen LogP contribution in [-0.2, 0) is 9.31 Å². The molecule has 4 heteroatoms. The molecule has 2 heterocycles. The van der Waals surface area contributed by atoms with Crippen LogP contribution in [0.25, 0.3) is 38.3 Å². The second kappa shape index (κ2) is 6.71. The van der Waals surface area contributed by atoms with Crippen LogP contribution in [0.4, 0.5) is 0 Å². The Hall–Kier alpha value is -3.08. The highest BCUT2D eigenvalue weighted by atomic mass is 16.7. The molecule has 0 atom stereocenters. The summed E-state index contributed by atoms with van der Waals surface area (Å²) in [6.07, 6.45) is 0. The van der Waals surface area contributed by atoms with Gasteiger partial charge in [0.25, 0.3) is 0 Å². The molecule has 4 aromatic carbocycles. The van der Waals surface area contributed by atoms with E-state index in [4.69, 9.17) is 16.2 Å². The summed E-state index contributed by atoms with van der Waals surface area (Å²) in [6, 6.07) is 16.3. The fourth-order valence-electron chi connectivity index (χ4n) is 4.53. The fraction of sp³-hybridized carbons (Fsp3) is 0.214. The van der Waals surface area contributed by atoms with Crippen LogP contribution in [0.2, 0.25) is 0 Å². The molecule has 0 unspecified atom stereocenters. The summed E-state index contributed by atoms with van der Waals surface area (Å²) in [4.78, 5) is 0. The molecule has 0 spiro atoms. The molecule has 1 fully saturated rings. The first-order valence-electron chi connectivity index (χ1n) is 13.3. The van der Waals surface area contributed by atoms with Crippen molar-refractivity contribution in [3.8, 4) is 5.69 Å². The zero-order valence-electron chi connectivity index (χ0n) is 23.5. The van der Waals surface area contributed by atoms with Crippen LogP contribution in [0, 0.1) is 0 Å². The molecule has 0 radical (unpaired) electrons. The Kier molecular flexibility index (Phi) is 3.12. The number of fused-ring (bicyclic) bond motifs is 5. The van der Waals surface area contributed by atoms with E-state index in [2.05, 4.69) is 0 Å². The smallest absolute Gasteiger partial charge is 0.399 e. The quantitative estimate of drug-likeness (QED) is 0.313. The topological polar surface area (TPSA) is 23.4 Å². The van der Waals surface area contributed by atoms with Crippen LogP contribution in [0.15, 0.2) is 84.8 Å². The first-order valence-corrected chi connectivity index (χ1v) is 10.8. The summed E-state index contributed by atoms with van der Waals surface area (Å²) >= 11 is 0.